The summed E-state index contributed by atoms with van der Waals surface area (Å²) in [5.74, 6) is -0.434. The highest BCUT2D eigenvalue weighted by atomic mass is 32.2. The summed E-state index contributed by atoms with van der Waals surface area (Å²) in [6.45, 7) is 2.26. The largest absolute Gasteiger partial charge is 0.326 e. The fraction of sp³-hybridized carbons (Fsp3) is 0.350. The van der Waals surface area contributed by atoms with Gasteiger partial charge in [-0.3, -0.25) is 4.79 Å². The Balaban J connectivity index is 1.71. The maximum Gasteiger partial charge on any atom is 0.244 e. The summed E-state index contributed by atoms with van der Waals surface area (Å²) in [4.78, 5) is 12.1. The van der Waals surface area contributed by atoms with E-state index in [0.717, 1.165) is 11.8 Å². The number of aryl methyl sites for hydroxylation is 1. The molecule has 0 unspecified atom stereocenters. The van der Waals surface area contributed by atoms with Crippen molar-refractivity contribution in [2.75, 3.05) is 24.7 Å². The molecule has 0 aromatic heterocycles. The van der Waals surface area contributed by atoms with Gasteiger partial charge in [-0.1, -0.05) is 24.3 Å². The van der Waals surface area contributed by atoms with Gasteiger partial charge in [0.25, 0.3) is 0 Å². The maximum absolute atomic E-state index is 13.0. The molecule has 3 rings (SSSR count). The second-order valence-corrected chi connectivity index (χ2v) is 11.1. The van der Waals surface area contributed by atoms with Crippen molar-refractivity contribution in [1.29, 1.82) is 0 Å². The molecule has 0 aliphatic carbocycles. The molecule has 0 saturated carbocycles. The van der Waals surface area contributed by atoms with Crippen molar-refractivity contribution in [2.24, 2.45) is 5.92 Å². The van der Waals surface area contributed by atoms with Gasteiger partial charge in [0.1, 0.15) is 4.90 Å². The normalized spacial score (nSPS) is 16.5. The Kier molecular flexibility index (Phi) is 6.11. The van der Waals surface area contributed by atoms with Crippen LogP contribution in [0.2, 0.25) is 0 Å². The van der Waals surface area contributed by atoms with Gasteiger partial charge in [0.15, 0.2) is 9.84 Å². The van der Waals surface area contributed by atoms with Crippen molar-refractivity contribution in [3.63, 3.8) is 0 Å². The van der Waals surface area contributed by atoms with Crippen molar-refractivity contribution in [3.8, 4) is 0 Å². The average Bonchev–Trinajstić information content (AvgIpc) is 2.67. The topological polar surface area (TPSA) is 101 Å². The number of nitrogens with zero attached hydrogens (tertiary/aromatic N) is 1. The molecule has 2 aromatic carbocycles. The Morgan fingerprint density at radius 1 is 0.966 bits per heavy atom. The summed E-state index contributed by atoms with van der Waals surface area (Å²) in [7, 11) is -7.65. The molecule has 1 amide bonds. The van der Waals surface area contributed by atoms with Gasteiger partial charge in [-0.25, -0.2) is 16.8 Å². The molecule has 156 valence electrons. The number of rotatable bonds is 5. The fourth-order valence-corrected chi connectivity index (χ4v) is 6.51. The second-order valence-electron chi connectivity index (χ2n) is 7.26. The zero-order valence-electron chi connectivity index (χ0n) is 16.3. The number of sulfone groups is 1. The van der Waals surface area contributed by atoms with E-state index in [1.165, 1.54) is 28.6 Å². The molecular formula is C20H24N2O5S2. The number of hydrogen-bond donors (Lipinski definition) is 1. The van der Waals surface area contributed by atoms with Gasteiger partial charge in [0.05, 0.1) is 4.90 Å². The van der Waals surface area contributed by atoms with Crippen molar-refractivity contribution in [1.82, 2.24) is 4.31 Å². The van der Waals surface area contributed by atoms with Crippen LogP contribution in [0.5, 0.6) is 0 Å². The quantitative estimate of drug-likeness (QED) is 0.776. The molecule has 1 N–H and O–H groups in total. The number of sulfonamides is 1. The van der Waals surface area contributed by atoms with Crippen LogP contribution >= 0.6 is 0 Å². The summed E-state index contributed by atoms with van der Waals surface area (Å²) < 4.78 is 51.3. The van der Waals surface area contributed by atoms with Crippen LogP contribution in [-0.4, -0.2) is 46.4 Å². The molecule has 1 fully saturated rings. The highest BCUT2D eigenvalue weighted by Crippen LogP contribution is 2.28. The summed E-state index contributed by atoms with van der Waals surface area (Å²) >= 11 is 0. The zero-order chi connectivity index (χ0) is 21.2. The number of anilines is 1. The van der Waals surface area contributed by atoms with Crippen LogP contribution < -0.4 is 5.32 Å². The lowest BCUT2D eigenvalue weighted by Gasteiger charge is -2.31. The molecule has 1 aliphatic rings. The van der Waals surface area contributed by atoms with Crippen LogP contribution in [0.4, 0.5) is 5.69 Å². The van der Waals surface area contributed by atoms with E-state index >= 15 is 0 Å². The van der Waals surface area contributed by atoms with E-state index < -0.39 is 19.9 Å². The van der Waals surface area contributed by atoms with Crippen LogP contribution in [0.25, 0.3) is 0 Å². The molecule has 1 aliphatic heterocycles. The Morgan fingerprint density at radius 3 is 2.17 bits per heavy atom. The van der Waals surface area contributed by atoms with Gasteiger partial charge in [-0.2, -0.15) is 4.31 Å². The van der Waals surface area contributed by atoms with Gasteiger partial charge >= 0.3 is 0 Å². The predicted octanol–water partition coefficient (Wildman–Crippen LogP) is 2.44. The van der Waals surface area contributed by atoms with Gasteiger partial charge in [0.2, 0.25) is 15.9 Å². The number of piperidine rings is 1. The van der Waals surface area contributed by atoms with Gasteiger partial charge in [-0.05, 0) is 49.6 Å². The highest BCUT2D eigenvalue weighted by molar-refractivity contribution is 7.93. The third-order valence-electron chi connectivity index (χ3n) is 4.98. The van der Waals surface area contributed by atoms with E-state index in [4.69, 9.17) is 0 Å². The third-order valence-corrected chi connectivity index (χ3v) is 8.22. The van der Waals surface area contributed by atoms with Crippen LogP contribution in [0.3, 0.4) is 0 Å². The molecule has 0 atom stereocenters. The minimum Gasteiger partial charge on any atom is -0.326 e. The van der Waals surface area contributed by atoms with Gasteiger partial charge in [0, 0.05) is 31.0 Å². The molecule has 2 aromatic rings. The van der Waals surface area contributed by atoms with E-state index in [0.29, 0.717) is 18.5 Å². The van der Waals surface area contributed by atoms with E-state index in [2.05, 4.69) is 5.32 Å². The number of amides is 1. The Labute approximate surface area is 171 Å². The lowest BCUT2D eigenvalue weighted by Crippen LogP contribution is -2.41. The number of nitrogens with one attached hydrogen (secondary N) is 1. The molecule has 7 nitrogen and oxygen atoms in total. The van der Waals surface area contributed by atoms with Crippen LogP contribution in [-0.2, 0) is 24.7 Å². The highest BCUT2D eigenvalue weighted by Gasteiger charge is 2.34. The van der Waals surface area contributed by atoms with Gasteiger partial charge < -0.3 is 5.32 Å². The monoisotopic (exact) mass is 436 g/mol. The van der Waals surface area contributed by atoms with E-state index in [-0.39, 0.29) is 34.7 Å². The van der Waals surface area contributed by atoms with Crippen LogP contribution in [0.1, 0.15) is 18.4 Å². The van der Waals surface area contributed by atoms with Crippen LogP contribution in [0, 0.1) is 12.8 Å². The standard InChI is InChI=1S/C20H24N2O5S2/c1-15-6-5-7-17(14-15)21-20(23)16-10-12-22(13-11-16)29(26,27)19-9-4-3-8-18(19)28(2,24)25/h3-9,14,16H,10-13H2,1-2H3,(H,21,23). The van der Waals surface area contributed by atoms with Crippen molar-refractivity contribution in [2.45, 2.75) is 29.6 Å². The zero-order valence-corrected chi connectivity index (χ0v) is 18.0. The first kappa shape index (κ1) is 21.5. The average molecular weight is 437 g/mol. The van der Waals surface area contributed by atoms with E-state index in [9.17, 15) is 21.6 Å². The Hall–Kier alpha value is -2.23. The van der Waals surface area contributed by atoms with E-state index in [1.807, 2.05) is 31.2 Å². The first-order valence-corrected chi connectivity index (χ1v) is 12.6. The summed E-state index contributed by atoms with van der Waals surface area (Å²) in [5.41, 5.74) is 1.75. The number of carbonyl (C=O) groups is 1. The van der Waals surface area contributed by atoms with Gasteiger partial charge in [-0.15, -0.1) is 0 Å². The minimum atomic E-state index is -3.97. The minimum absolute atomic E-state index is 0.135. The first-order chi connectivity index (χ1) is 13.6. The van der Waals surface area contributed by atoms with Crippen LogP contribution in [0.15, 0.2) is 58.3 Å². The first-order valence-electron chi connectivity index (χ1n) is 9.26. The Morgan fingerprint density at radius 2 is 1.59 bits per heavy atom. The molecule has 0 bridgehead atoms. The molecule has 9 heteroatoms. The lowest BCUT2D eigenvalue weighted by atomic mass is 9.97. The third kappa shape index (κ3) is 4.85. The van der Waals surface area contributed by atoms with Crippen molar-refractivity contribution >= 4 is 31.5 Å². The maximum atomic E-state index is 13.0. The summed E-state index contributed by atoms with van der Waals surface area (Å²) in [6, 6.07) is 13.1. The second kappa shape index (κ2) is 8.25. The fourth-order valence-electron chi connectivity index (χ4n) is 3.43. The SMILES string of the molecule is Cc1cccc(NC(=O)C2CCN(S(=O)(=O)c3ccccc3S(C)(=O)=O)CC2)c1. The molecule has 0 spiro atoms. The summed E-state index contributed by atoms with van der Waals surface area (Å²) in [5, 5.41) is 2.88. The summed E-state index contributed by atoms with van der Waals surface area (Å²) in [6.07, 6.45) is 1.74. The molecule has 29 heavy (non-hydrogen) atoms. The Bertz CT molecular complexity index is 1120. The predicted molar refractivity (Wildman–Crippen MR) is 111 cm³/mol. The van der Waals surface area contributed by atoms with Crippen molar-refractivity contribution < 1.29 is 21.6 Å². The van der Waals surface area contributed by atoms with E-state index in [1.54, 1.807) is 0 Å². The number of benzene rings is 2. The molecule has 1 saturated heterocycles. The molecular weight excluding hydrogens is 412 g/mol. The smallest absolute Gasteiger partial charge is 0.244 e. The van der Waals surface area contributed by atoms with Crippen molar-refractivity contribution in [3.05, 3.63) is 54.1 Å². The number of hydrogen-bond acceptors (Lipinski definition) is 5. The number of carbonyl (C=O) groups excluding carboxylic acids is 1. The molecule has 1 heterocycles. The lowest BCUT2D eigenvalue weighted by molar-refractivity contribution is -0.120. The molecule has 0 radical (unpaired) electrons.